The van der Waals surface area contributed by atoms with Crippen LogP contribution in [0.4, 0.5) is 0 Å². The van der Waals surface area contributed by atoms with E-state index in [0.29, 0.717) is 25.8 Å². The van der Waals surface area contributed by atoms with Crippen molar-refractivity contribution in [3.63, 3.8) is 0 Å². The molecule has 0 saturated carbocycles. The van der Waals surface area contributed by atoms with E-state index in [1.165, 1.54) is 0 Å². The third-order valence-corrected chi connectivity index (χ3v) is 3.72. The molecule has 24 heavy (non-hydrogen) atoms. The van der Waals surface area contributed by atoms with Gasteiger partial charge in [0.1, 0.15) is 0 Å². The van der Waals surface area contributed by atoms with Gasteiger partial charge in [0.25, 0.3) is 0 Å². The fraction of sp³-hybridized carbons (Fsp3) is 0.300. The van der Waals surface area contributed by atoms with Crippen molar-refractivity contribution in [1.29, 1.82) is 0 Å². The minimum atomic E-state index is 0.00371. The summed E-state index contributed by atoms with van der Waals surface area (Å²) in [5, 5.41) is 5.86. The quantitative estimate of drug-likeness (QED) is 0.784. The summed E-state index contributed by atoms with van der Waals surface area (Å²) >= 11 is 0. The molecule has 2 rings (SSSR count). The van der Waals surface area contributed by atoms with Crippen LogP contribution in [0.5, 0.6) is 0 Å². The lowest BCUT2D eigenvalue weighted by atomic mass is 10.1. The summed E-state index contributed by atoms with van der Waals surface area (Å²) in [5.41, 5.74) is 2.00. The predicted octanol–water partition coefficient (Wildman–Crippen LogP) is 2.48. The van der Waals surface area contributed by atoms with Crippen molar-refractivity contribution in [3.05, 3.63) is 71.8 Å². The van der Waals surface area contributed by atoms with Gasteiger partial charge in [0.15, 0.2) is 0 Å². The maximum atomic E-state index is 12.0. The molecular weight excluding hydrogens is 300 g/mol. The fourth-order valence-electron chi connectivity index (χ4n) is 2.45. The Bertz CT molecular complexity index is 641. The minimum absolute atomic E-state index is 0.00371. The lowest BCUT2D eigenvalue weighted by molar-refractivity contribution is -0.121. The summed E-state index contributed by atoms with van der Waals surface area (Å²) in [6, 6.07) is 19.3. The molecule has 2 amide bonds. The smallest absolute Gasteiger partial charge is 0.224 e. The third-order valence-electron chi connectivity index (χ3n) is 3.72. The Kier molecular flexibility index (Phi) is 7.02. The molecule has 0 aliphatic heterocycles. The maximum Gasteiger partial charge on any atom is 0.224 e. The maximum absolute atomic E-state index is 12.0. The van der Waals surface area contributed by atoms with Gasteiger partial charge in [0, 0.05) is 12.6 Å². The molecule has 1 atom stereocenters. The zero-order valence-electron chi connectivity index (χ0n) is 14.0. The molecule has 2 aromatic rings. The Morgan fingerprint density at radius 2 is 1.33 bits per heavy atom. The number of nitrogens with one attached hydrogen (secondary N) is 2. The molecule has 0 bridgehead atoms. The van der Waals surface area contributed by atoms with Crippen LogP contribution in [-0.2, 0) is 22.4 Å². The van der Waals surface area contributed by atoms with Crippen LogP contribution in [-0.4, -0.2) is 24.4 Å². The van der Waals surface area contributed by atoms with Crippen molar-refractivity contribution >= 4 is 11.8 Å². The topological polar surface area (TPSA) is 58.2 Å². The highest BCUT2D eigenvalue weighted by Crippen LogP contribution is 2.01. The first-order valence-electron chi connectivity index (χ1n) is 8.27. The molecule has 0 radical (unpaired) electrons. The molecule has 0 saturated heterocycles. The van der Waals surface area contributed by atoms with Crippen molar-refractivity contribution in [1.82, 2.24) is 10.6 Å². The second-order valence-electron chi connectivity index (χ2n) is 5.93. The van der Waals surface area contributed by atoms with Crippen LogP contribution in [0.2, 0.25) is 0 Å². The highest BCUT2D eigenvalue weighted by atomic mass is 16.2. The average molecular weight is 324 g/mol. The Morgan fingerprint density at radius 3 is 1.88 bits per heavy atom. The number of hydrogen-bond acceptors (Lipinski definition) is 2. The first-order valence-corrected chi connectivity index (χ1v) is 8.27. The SMILES string of the molecule is C[C@@H](CCNC(=O)Cc1ccccc1)NC(=O)Cc1ccccc1. The van der Waals surface area contributed by atoms with E-state index in [1.54, 1.807) is 0 Å². The standard InChI is InChI=1S/C20H24N2O2/c1-16(22-20(24)15-18-10-6-3-7-11-18)12-13-21-19(23)14-17-8-4-2-5-9-17/h2-11,16H,12-15H2,1H3,(H,21,23)(H,22,24)/t16-/m0/s1. The van der Waals surface area contributed by atoms with Gasteiger partial charge in [-0.15, -0.1) is 0 Å². The molecule has 4 heteroatoms. The number of hydrogen-bond donors (Lipinski definition) is 2. The molecule has 0 aliphatic carbocycles. The Morgan fingerprint density at radius 1 is 0.833 bits per heavy atom. The zero-order valence-corrected chi connectivity index (χ0v) is 14.0. The summed E-state index contributed by atoms with van der Waals surface area (Å²) in [6.07, 6.45) is 1.47. The number of rotatable bonds is 8. The number of amides is 2. The predicted molar refractivity (Wildman–Crippen MR) is 95.5 cm³/mol. The van der Waals surface area contributed by atoms with Gasteiger partial charge in [-0.05, 0) is 24.5 Å². The van der Waals surface area contributed by atoms with E-state index in [9.17, 15) is 9.59 Å². The van der Waals surface area contributed by atoms with Crippen LogP contribution >= 0.6 is 0 Å². The van der Waals surface area contributed by atoms with E-state index in [2.05, 4.69) is 10.6 Å². The molecule has 0 fully saturated rings. The van der Waals surface area contributed by atoms with Crippen LogP contribution in [0.1, 0.15) is 24.5 Å². The van der Waals surface area contributed by atoms with Crippen LogP contribution in [0.15, 0.2) is 60.7 Å². The van der Waals surface area contributed by atoms with E-state index >= 15 is 0 Å². The first kappa shape index (κ1) is 17.7. The van der Waals surface area contributed by atoms with E-state index in [-0.39, 0.29) is 17.9 Å². The van der Waals surface area contributed by atoms with Gasteiger partial charge in [-0.3, -0.25) is 9.59 Å². The normalized spacial score (nSPS) is 11.5. The van der Waals surface area contributed by atoms with Crippen LogP contribution in [0, 0.1) is 0 Å². The second kappa shape index (κ2) is 9.50. The number of carbonyl (C=O) groups excluding carboxylic acids is 2. The van der Waals surface area contributed by atoms with Gasteiger partial charge in [0.05, 0.1) is 12.8 Å². The molecule has 0 aromatic heterocycles. The highest BCUT2D eigenvalue weighted by molar-refractivity contribution is 5.79. The largest absolute Gasteiger partial charge is 0.356 e. The number of carbonyl (C=O) groups is 2. The van der Waals surface area contributed by atoms with Gasteiger partial charge in [-0.25, -0.2) is 0 Å². The minimum Gasteiger partial charge on any atom is -0.356 e. The molecule has 126 valence electrons. The summed E-state index contributed by atoms with van der Waals surface area (Å²) in [5.74, 6) is 0.00771. The molecule has 2 aromatic carbocycles. The first-order chi connectivity index (χ1) is 11.6. The molecule has 0 aliphatic rings. The highest BCUT2D eigenvalue weighted by Gasteiger charge is 2.09. The van der Waals surface area contributed by atoms with E-state index in [1.807, 2.05) is 67.6 Å². The second-order valence-corrected chi connectivity index (χ2v) is 5.93. The van der Waals surface area contributed by atoms with Gasteiger partial charge >= 0.3 is 0 Å². The average Bonchev–Trinajstić information content (AvgIpc) is 2.56. The summed E-state index contributed by atoms with van der Waals surface area (Å²) in [7, 11) is 0. The molecule has 2 N–H and O–H groups in total. The van der Waals surface area contributed by atoms with Crippen LogP contribution in [0.25, 0.3) is 0 Å². The third kappa shape index (κ3) is 6.65. The van der Waals surface area contributed by atoms with Gasteiger partial charge in [-0.2, -0.15) is 0 Å². The summed E-state index contributed by atoms with van der Waals surface area (Å²) in [4.78, 5) is 23.8. The number of benzene rings is 2. The molecule has 0 unspecified atom stereocenters. The van der Waals surface area contributed by atoms with Crippen molar-refractivity contribution in [2.75, 3.05) is 6.54 Å². The molecular formula is C20H24N2O2. The van der Waals surface area contributed by atoms with Crippen LogP contribution < -0.4 is 10.6 Å². The Labute approximate surface area is 143 Å². The van der Waals surface area contributed by atoms with Gasteiger partial charge in [-0.1, -0.05) is 60.7 Å². The van der Waals surface area contributed by atoms with Crippen molar-refractivity contribution in [2.45, 2.75) is 32.2 Å². The zero-order chi connectivity index (χ0) is 17.2. The fourth-order valence-corrected chi connectivity index (χ4v) is 2.45. The van der Waals surface area contributed by atoms with Crippen molar-refractivity contribution < 1.29 is 9.59 Å². The van der Waals surface area contributed by atoms with E-state index < -0.39 is 0 Å². The van der Waals surface area contributed by atoms with Crippen molar-refractivity contribution in [3.8, 4) is 0 Å². The van der Waals surface area contributed by atoms with Gasteiger partial charge < -0.3 is 10.6 Å². The Balaban J connectivity index is 1.63. The van der Waals surface area contributed by atoms with E-state index in [0.717, 1.165) is 11.1 Å². The Hall–Kier alpha value is -2.62. The molecule has 0 heterocycles. The van der Waals surface area contributed by atoms with Crippen LogP contribution in [0.3, 0.4) is 0 Å². The summed E-state index contributed by atoms with van der Waals surface area (Å²) in [6.45, 7) is 2.50. The lowest BCUT2D eigenvalue weighted by Crippen LogP contribution is -2.37. The lowest BCUT2D eigenvalue weighted by Gasteiger charge is -2.14. The molecule has 4 nitrogen and oxygen atoms in total. The molecule has 0 spiro atoms. The monoisotopic (exact) mass is 324 g/mol. The van der Waals surface area contributed by atoms with E-state index in [4.69, 9.17) is 0 Å². The summed E-state index contributed by atoms with van der Waals surface area (Å²) < 4.78 is 0. The van der Waals surface area contributed by atoms with Crippen molar-refractivity contribution in [2.24, 2.45) is 0 Å². The van der Waals surface area contributed by atoms with Gasteiger partial charge in [0.2, 0.25) is 11.8 Å².